The third kappa shape index (κ3) is 4.20. The molecular formula is C19H17ClN2O5. The molecule has 0 saturated carbocycles. The Kier molecular flexibility index (Phi) is 5.61. The SMILES string of the molecule is Cc1onc(-c2ccccc2Cl)c1C(=O)OCC(=O)N[C@H](C)c1ccco1. The van der Waals surface area contributed by atoms with E-state index in [1.54, 1.807) is 50.2 Å². The minimum atomic E-state index is -0.718. The molecule has 0 aliphatic heterocycles. The van der Waals surface area contributed by atoms with Crippen LogP contribution in [0.25, 0.3) is 11.3 Å². The minimum absolute atomic E-state index is 0.134. The fourth-order valence-electron chi connectivity index (χ4n) is 2.54. The first-order valence-corrected chi connectivity index (χ1v) is 8.56. The molecular weight excluding hydrogens is 372 g/mol. The molecule has 2 heterocycles. The molecule has 1 aromatic carbocycles. The van der Waals surface area contributed by atoms with Gasteiger partial charge in [0.05, 0.1) is 17.3 Å². The summed E-state index contributed by atoms with van der Waals surface area (Å²) in [5.74, 6) is -0.296. The average Bonchev–Trinajstić information content (AvgIpc) is 3.30. The van der Waals surface area contributed by atoms with Crippen molar-refractivity contribution in [1.82, 2.24) is 10.5 Å². The highest BCUT2D eigenvalue weighted by Crippen LogP contribution is 2.31. The van der Waals surface area contributed by atoms with Gasteiger partial charge in [0.25, 0.3) is 5.91 Å². The topological polar surface area (TPSA) is 94.6 Å². The summed E-state index contributed by atoms with van der Waals surface area (Å²) in [4.78, 5) is 24.5. The predicted octanol–water partition coefficient (Wildman–Crippen LogP) is 3.93. The number of esters is 1. The van der Waals surface area contributed by atoms with E-state index in [9.17, 15) is 9.59 Å². The van der Waals surface area contributed by atoms with Gasteiger partial charge in [0.15, 0.2) is 6.61 Å². The summed E-state index contributed by atoms with van der Waals surface area (Å²) >= 11 is 6.17. The first kappa shape index (κ1) is 18.7. The zero-order chi connectivity index (χ0) is 19.4. The highest BCUT2D eigenvalue weighted by Gasteiger charge is 2.25. The van der Waals surface area contributed by atoms with Gasteiger partial charge in [-0.25, -0.2) is 4.79 Å². The average molecular weight is 389 g/mol. The molecule has 2 aromatic heterocycles. The maximum absolute atomic E-state index is 12.5. The lowest BCUT2D eigenvalue weighted by atomic mass is 10.1. The van der Waals surface area contributed by atoms with Crippen molar-refractivity contribution < 1.29 is 23.3 Å². The first-order chi connectivity index (χ1) is 13.0. The molecule has 140 valence electrons. The number of amides is 1. The Labute approximate surface area is 160 Å². The molecule has 0 radical (unpaired) electrons. The summed E-state index contributed by atoms with van der Waals surface area (Å²) in [5.41, 5.74) is 0.946. The number of aryl methyl sites for hydroxylation is 1. The van der Waals surface area contributed by atoms with Crippen molar-refractivity contribution in [2.45, 2.75) is 19.9 Å². The Morgan fingerprint density at radius 2 is 2.04 bits per heavy atom. The fourth-order valence-corrected chi connectivity index (χ4v) is 2.77. The number of hydrogen-bond donors (Lipinski definition) is 1. The number of ether oxygens (including phenoxy) is 1. The van der Waals surface area contributed by atoms with E-state index in [-0.39, 0.29) is 23.1 Å². The van der Waals surface area contributed by atoms with E-state index in [4.69, 9.17) is 25.3 Å². The number of nitrogens with zero attached hydrogens (tertiary/aromatic N) is 1. The van der Waals surface area contributed by atoms with Gasteiger partial charge >= 0.3 is 5.97 Å². The van der Waals surface area contributed by atoms with Crippen molar-refractivity contribution in [1.29, 1.82) is 0 Å². The van der Waals surface area contributed by atoms with E-state index in [0.29, 0.717) is 16.3 Å². The van der Waals surface area contributed by atoms with Gasteiger partial charge in [0.1, 0.15) is 22.8 Å². The third-order valence-electron chi connectivity index (χ3n) is 3.88. The predicted molar refractivity (Wildman–Crippen MR) is 97.2 cm³/mol. The first-order valence-electron chi connectivity index (χ1n) is 8.18. The number of furan rings is 1. The summed E-state index contributed by atoms with van der Waals surface area (Å²) in [6, 6.07) is 10.1. The molecule has 0 aliphatic carbocycles. The molecule has 7 nitrogen and oxygen atoms in total. The van der Waals surface area contributed by atoms with Crippen LogP contribution in [0, 0.1) is 6.92 Å². The standard InChI is InChI=1S/C19H17ClN2O5/c1-11(15-8-5-9-25-15)21-16(23)10-26-19(24)17-12(2)27-22-18(17)13-6-3-4-7-14(13)20/h3-9,11H,10H2,1-2H3,(H,21,23)/t11-/m1/s1. The molecule has 0 bridgehead atoms. The molecule has 3 rings (SSSR count). The smallest absolute Gasteiger partial charge is 0.344 e. The van der Waals surface area contributed by atoms with Crippen molar-refractivity contribution in [3.8, 4) is 11.3 Å². The van der Waals surface area contributed by atoms with Crippen molar-refractivity contribution >= 4 is 23.5 Å². The molecule has 0 aliphatic rings. The van der Waals surface area contributed by atoms with Crippen molar-refractivity contribution in [2.24, 2.45) is 0 Å². The van der Waals surface area contributed by atoms with Gasteiger partial charge in [-0.2, -0.15) is 0 Å². The molecule has 0 saturated heterocycles. The zero-order valence-corrected chi connectivity index (χ0v) is 15.4. The van der Waals surface area contributed by atoms with Crippen molar-refractivity contribution in [3.63, 3.8) is 0 Å². The lowest BCUT2D eigenvalue weighted by molar-refractivity contribution is -0.125. The van der Waals surface area contributed by atoms with Gasteiger partial charge in [-0.1, -0.05) is 35.0 Å². The number of benzene rings is 1. The van der Waals surface area contributed by atoms with Crippen molar-refractivity contribution in [2.75, 3.05) is 6.61 Å². The third-order valence-corrected chi connectivity index (χ3v) is 4.21. The van der Waals surface area contributed by atoms with Crippen LogP contribution < -0.4 is 5.32 Å². The second-order valence-electron chi connectivity index (χ2n) is 5.82. The molecule has 1 atom stereocenters. The monoisotopic (exact) mass is 388 g/mol. The van der Waals surface area contributed by atoms with Gasteiger partial charge in [-0.3, -0.25) is 4.79 Å². The van der Waals surface area contributed by atoms with E-state index < -0.39 is 18.5 Å². The second kappa shape index (κ2) is 8.09. The Bertz CT molecular complexity index is 949. The maximum Gasteiger partial charge on any atom is 0.344 e. The molecule has 0 unspecified atom stereocenters. The number of carbonyl (C=O) groups is 2. The van der Waals surface area contributed by atoms with E-state index in [0.717, 1.165) is 0 Å². The highest BCUT2D eigenvalue weighted by atomic mass is 35.5. The Morgan fingerprint density at radius 3 is 2.74 bits per heavy atom. The van der Waals surface area contributed by atoms with Crippen LogP contribution in [0.1, 0.15) is 34.8 Å². The van der Waals surface area contributed by atoms with Crippen molar-refractivity contribution in [3.05, 3.63) is 64.8 Å². The number of rotatable bonds is 6. The summed E-state index contributed by atoms with van der Waals surface area (Å²) in [7, 11) is 0. The maximum atomic E-state index is 12.5. The molecule has 27 heavy (non-hydrogen) atoms. The number of aromatic nitrogens is 1. The zero-order valence-electron chi connectivity index (χ0n) is 14.7. The van der Waals surface area contributed by atoms with Gasteiger partial charge in [0.2, 0.25) is 0 Å². The van der Waals surface area contributed by atoms with Crippen LogP contribution in [-0.4, -0.2) is 23.6 Å². The molecule has 3 aromatic rings. The highest BCUT2D eigenvalue weighted by molar-refractivity contribution is 6.33. The number of nitrogens with one attached hydrogen (secondary N) is 1. The minimum Gasteiger partial charge on any atom is -0.467 e. The lowest BCUT2D eigenvalue weighted by Crippen LogP contribution is -2.31. The number of carbonyl (C=O) groups excluding carboxylic acids is 2. The molecule has 0 spiro atoms. The summed E-state index contributed by atoms with van der Waals surface area (Å²) < 4.78 is 15.5. The molecule has 1 amide bonds. The van der Waals surface area contributed by atoms with Crippen LogP contribution in [0.5, 0.6) is 0 Å². The summed E-state index contributed by atoms with van der Waals surface area (Å²) in [6.07, 6.45) is 1.52. The van der Waals surface area contributed by atoms with E-state index in [1.807, 2.05) is 0 Å². The van der Waals surface area contributed by atoms with E-state index in [2.05, 4.69) is 10.5 Å². The Balaban J connectivity index is 1.68. The largest absolute Gasteiger partial charge is 0.467 e. The van der Waals surface area contributed by atoms with Crippen LogP contribution in [-0.2, 0) is 9.53 Å². The summed E-state index contributed by atoms with van der Waals surface area (Å²) in [6.45, 7) is 2.90. The quantitative estimate of drug-likeness (QED) is 0.643. The Morgan fingerprint density at radius 1 is 1.26 bits per heavy atom. The van der Waals surface area contributed by atoms with Crippen LogP contribution in [0.2, 0.25) is 5.02 Å². The molecule has 1 N–H and O–H groups in total. The number of halogens is 1. The number of hydrogen-bond acceptors (Lipinski definition) is 6. The van der Waals surface area contributed by atoms with Gasteiger partial charge in [-0.15, -0.1) is 0 Å². The molecule has 8 heteroatoms. The van der Waals surface area contributed by atoms with Crippen LogP contribution in [0.3, 0.4) is 0 Å². The normalized spacial score (nSPS) is 11.8. The van der Waals surface area contributed by atoms with Gasteiger partial charge < -0.3 is 19.0 Å². The van der Waals surface area contributed by atoms with Gasteiger partial charge in [-0.05, 0) is 32.0 Å². The van der Waals surface area contributed by atoms with Crippen LogP contribution in [0.4, 0.5) is 0 Å². The molecule has 0 fully saturated rings. The van der Waals surface area contributed by atoms with Gasteiger partial charge in [0, 0.05) is 5.56 Å². The summed E-state index contributed by atoms with van der Waals surface area (Å²) in [5, 5.41) is 7.01. The van der Waals surface area contributed by atoms with Crippen LogP contribution in [0.15, 0.2) is 51.6 Å². The van der Waals surface area contributed by atoms with E-state index in [1.165, 1.54) is 6.26 Å². The Hall–Kier alpha value is -3.06. The second-order valence-corrected chi connectivity index (χ2v) is 6.23. The lowest BCUT2D eigenvalue weighted by Gasteiger charge is -2.11. The van der Waals surface area contributed by atoms with Crippen LogP contribution >= 0.6 is 11.6 Å². The fraction of sp³-hybridized carbons (Fsp3) is 0.211. The van der Waals surface area contributed by atoms with E-state index >= 15 is 0 Å².